The average Bonchev–Trinajstić information content (AvgIpc) is 2.79. The number of hydrogen-bond acceptors (Lipinski definition) is 3. The van der Waals surface area contributed by atoms with Crippen LogP contribution >= 0.6 is 27.3 Å². The molecule has 0 radical (unpaired) electrons. The van der Waals surface area contributed by atoms with Gasteiger partial charge in [0.05, 0.1) is 10.2 Å². The molecular weight excluding hydrogens is 344 g/mol. The van der Waals surface area contributed by atoms with Crippen LogP contribution in [-0.2, 0) is 5.41 Å². The Morgan fingerprint density at radius 1 is 1.05 bits per heavy atom. The van der Waals surface area contributed by atoms with Gasteiger partial charge in [0.1, 0.15) is 0 Å². The van der Waals surface area contributed by atoms with Gasteiger partial charge in [0.2, 0.25) is 0 Å². The molecule has 0 saturated carbocycles. The molecule has 0 aliphatic carbocycles. The third kappa shape index (κ3) is 3.27. The summed E-state index contributed by atoms with van der Waals surface area (Å²) >= 11 is 5.15. The van der Waals surface area contributed by atoms with Gasteiger partial charge in [-0.25, -0.2) is 4.98 Å². The average molecular weight is 361 g/mol. The van der Waals surface area contributed by atoms with Crippen molar-refractivity contribution in [2.45, 2.75) is 26.2 Å². The van der Waals surface area contributed by atoms with Gasteiger partial charge in [-0.15, -0.1) is 0 Å². The Morgan fingerprint density at radius 3 is 2.43 bits per heavy atom. The summed E-state index contributed by atoms with van der Waals surface area (Å²) < 4.78 is 2.24. The molecule has 2 nitrogen and oxygen atoms in total. The highest BCUT2D eigenvalue weighted by atomic mass is 79.9. The molecule has 0 atom stereocenters. The molecule has 0 amide bonds. The molecule has 1 aromatic heterocycles. The normalized spacial score (nSPS) is 11.8. The second kappa shape index (κ2) is 5.43. The first kappa shape index (κ1) is 14.5. The number of thiazole rings is 1. The fourth-order valence-corrected chi connectivity index (χ4v) is 3.35. The number of rotatable bonds is 2. The van der Waals surface area contributed by atoms with Crippen LogP contribution in [0.25, 0.3) is 10.2 Å². The van der Waals surface area contributed by atoms with Gasteiger partial charge in [0.25, 0.3) is 0 Å². The second-order valence-electron chi connectivity index (χ2n) is 6.08. The van der Waals surface area contributed by atoms with E-state index >= 15 is 0 Å². The van der Waals surface area contributed by atoms with E-state index in [0.29, 0.717) is 0 Å². The van der Waals surface area contributed by atoms with Gasteiger partial charge in [0, 0.05) is 10.2 Å². The van der Waals surface area contributed by atoms with E-state index in [4.69, 9.17) is 0 Å². The number of hydrogen-bond donors (Lipinski definition) is 1. The standard InChI is InChI=1S/C17H17BrN2S/c1-17(2,3)11-4-7-13(8-5-11)19-16-20-14-10-12(18)6-9-15(14)21-16/h4-10H,1-3H3,(H,19,20). The van der Waals surface area contributed by atoms with Gasteiger partial charge >= 0.3 is 0 Å². The minimum Gasteiger partial charge on any atom is -0.332 e. The van der Waals surface area contributed by atoms with Crippen LogP contribution in [0.5, 0.6) is 0 Å². The third-order valence-electron chi connectivity index (χ3n) is 3.35. The van der Waals surface area contributed by atoms with Crippen LogP contribution < -0.4 is 5.32 Å². The molecule has 4 heteroatoms. The lowest BCUT2D eigenvalue weighted by atomic mass is 9.87. The van der Waals surface area contributed by atoms with E-state index < -0.39 is 0 Å². The topological polar surface area (TPSA) is 24.9 Å². The molecule has 0 saturated heterocycles. The maximum Gasteiger partial charge on any atom is 0.188 e. The number of anilines is 2. The fourth-order valence-electron chi connectivity index (χ4n) is 2.13. The summed E-state index contributed by atoms with van der Waals surface area (Å²) in [4.78, 5) is 4.62. The smallest absolute Gasteiger partial charge is 0.188 e. The summed E-state index contributed by atoms with van der Waals surface area (Å²) in [5, 5.41) is 4.31. The van der Waals surface area contributed by atoms with Crippen LogP contribution in [0.2, 0.25) is 0 Å². The lowest BCUT2D eigenvalue weighted by molar-refractivity contribution is 0.590. The van der Waals surface area contributed by atoms with Crippen molar-refractivity contribution in [1.29, 1.82) is 0 Å². The van der Waals surface area contributed by atoms with Crippen molar-refractivity contribution in [2.75, 3.05) is 5.32 Å². The molecule has 0 bridgehead atoms. The zero-order valence-electron chi connectivity index (χ0n) is 12.3. The first-order valence-corrected chi connectivity index (χ1v) is 8.46. The van der Waals surface area contributed by atoms with E-state index in [2.05, 4.69) is 77.3 Å². The molecule has 0 unspecified atom stereocenters. The van der Waals surface area contributed by atoms with E-state index in [1.807, 2.05) is 12.1 Å². The summed E-state index contributed by atoms with van der Waals surface area (Å²) in [7, 11) is 0. The lowest BCUT2D eigenvalue weighted by Gasteiger charge is -2.19. The van der Waals surface area contributed by atoms with Crippen LogP contribution in [0.15, 0.2) is 46.9 Å². The molecule has 0 aliphatic heterocycles. The zero-order valence-corrected chi connectivity index (χ0v) is 14.7. The highest BCUT2D eigenvalue weighted by molar-refractivity contribution is 9.10. The molecule has 3 rings (SSSR count). The lowest BCUT2D eigenvalue weighted by Crippen LogP contribution is -2.10. The Labute approximate surface area is 137 Å². The number of nitrogens with zero attached hydrogens (tertiary/aromatic N) is 1. The van der Waals surface area contributed by atoms with Crippen LogP contribution in [0.1, 0.15) is 26.3 Å². The summed E-state index contributed by atoms with van der Waals surface area (Å²) in [6.07, 6.45) is 0. The summed E-state index contributed by atoms with van der Waals surface area (Å²) in [6, 6.07) is 14.7. The van der Waals surface area contributed by atoms with Gasteiger partial charge < -0.3 is 5.32 Å². The first-order valence-electron chi connectivity index (χ1n) is 6.85. The molecule has 108 valence electrons. The molecule has 0 spiro atoms. The molecular formula is C17H17BrN2S. The number of benzene rings is 2. The Balaban J connectivity index is 1.84. The summed E-state index contributed by atoms with van der Waals surface area (Å²) in [6.45, 7) is 6.67. The predicted octanol–water partition coefficient (Wildman–Crippen LogP) is 6.10. The minimum absolute atomic E-state index is 0.181. The van der Waals surface area contributed by atoms with Crippen LogP contribution in [0, 0.1) is 0 Å². The molecule has 21 heavy (non-hydrogen) atoms. The van der Waals surface area contributed by atoms with Crippen LogP contribution in [0.4, 0.5) is 10.8 Å². The van der Waals surface area contributed by atoms with Crippen molar-refractivity contribution in [3.63, 3.8) is 0 Å². The molecule has 3 aromatic rings. The molecule has 1 N–H and O–H groups in total. The fraction of sp³-hybridized carbons (Fsp3) is 0.235. The summed E-state index contributed by atoms with van der Waals surface area (Å²) in [5.74, 6) is 0. The predicted molar refractivity (Wildman–Crippen MR) is 95.7 cm³/mol. The van der Waals surface area contributed by atoms with Gasteiger partial charge in [-0.05, 0) is 41.3 Å². The SMILES string of the molecule is CC(C)(C)c1ccc(Nc2nc3cc(Br)ccc3s2)cc1. The number of nitrogens with one attached hydrogen (secondary N) is 1. The number of halogens is 1. The van der Waals surface area contributed by atoms with Crippen molar-refractivity contribution in [3.05, 3.63) is 52.5 Å². The Bertz CT molecular complexity index is 770. The largest absolute Gasteiger partial charge is 0.332 e. The highest BCUT2D eigenvalue weighted by Gasteiger charge is 2.13. The van der Waals surface area contributed by atoms with Gasteiger partial charge in [-0.1, -0.05) is 60.2 Å². The minimum atomic E-state index is 0.181. The quantitative estimate of drug-likeness (QED) is 0.597. The molecule has 2 aromatic carbocycles. The number of fused-ring (bicyclic) bond motifs is 1. The maximum absolute atomic E-state index is 4.62. The third-order valence-corrected chi connectivity index (χ3v) is 4.80. The van der Waals surface area contributed by atoms with Gasteiger partial charge in [-0.2, -0.15) is 0 Å². The van der Waals surface area contributed by atoms with E-state index in [-0.39, 0.29) is 5.41 Å². The van der Waals surface area contributed by atoms with Crippen LogP contribution in [0.3, 0.4) is 0 Å². The molecule has 0 aliphatic rings. The van der Waals surface area contributed by atoms with Crippen molar-refractivity contribution >= 4 is 48.3 Å². The zero-order chi connectivity index (χ0) is 15.0. The monoisotopic (exact) mass is 360 g/mol. The first-order chi connectivity index (χ1) is 9.91. The van der Waals surface area contributed by atoms with E-state index in [1.165, 1.54) is 10.3 Å². The van der Waals surface area contributed by atoms with Crippen molar-refractivity contribution in [1.82, 2.24) is 4.98 Å². The van der Waals surface area contributed by atoms with E-state index in [0.717, 1.165) is 20.8 Å². The Kier molecular flexibility index (Phi) is 3.76. The van der Waals surface area contributed by atoms with E-state index in [1.54, 1.807) is 11.3 Å². The van der Waals surface area contributed by atoms with Crippen molar-refractivity contribution in [3.8, 4) is 0 Å². The van der Waals surface area contributed by atoms with Gasteiger partial charge in [-0.3, -0.25) is 0 Å². The molecule has 1 heterocycles. The van der Waals surface area contributed by atoms with Gasteiger partial charge in [0.15, 0.2) is 5.13 Å². The highest BCUT2D eigenvalue weighted by Crippen LogP contribution is 2.31. The maximum atomic E-state index is 4.62. The second-order valence-corrected chi connectivity index (χ2v) is 8.03. The van der Waals surface area contributed by atoms with E-state index in [9.17, 15) is 0 Å². The number of aromatic nitrogens is 1. The Morgan fingerprint density at radius 2 is 1.76 bits per heavy atom. The molecule has 0 fully saturated rings. The van der Waals surface area contributed by atoms with Crippen LogP contribution in [-0.4, -0.2) is 4.98 Å². The van der Waals surface area contributed by atoms with Crippen molar-refractivity contribution < 1.29 is 0 Å². The van der Waals surface area contributed by atoms with Crippen molar-refractivity contribution in [2.24, 2.45) is 0 Å². The summed E-state index contributed by atoms with van der Waals surface area (Å²) in [5.41, 5.74) is 3.60. The Hall–Kier alpha value is -1.39.